The van der Waals surface area contributed by atoms with Gasteiger partial charge in [-0.1, -0.05) is 18.2 Å². The lowest BCUT2D eigenvalue weighted by molar-refractivity contribution is -0.138. The van der Waals surface area contributed by atoms with Crippen molar-refractivity contribution in [2.24, 2.45) is 0 Å². The highest BCUT2D eigenvalue weighted by atomic mass is 16.5. The molecule has 1 aromatic carbocycles. The number of rotatable bonds is 7. The summed E-state index contributed by atoms with van der Waals surface area (Å²) >= 11 is 0. The van der Waals surface area contributed by atoms with Crippen LogP contribution < -0.4 is 10.6 Å². The van der Waals surface area contributed by atoms with Crippen LogP contribution in [0.1, 0.15) is 28.5 Å². The number of nitrogens with zero attached hydrogens (tertiary/aromatic N) is 1. The van der Waals surface area contributed by atoms with Crippen LogP contribution in [0.25, 0.3) is 10.9 Å². The summed E-state index contributed by atoms with van der Waals surface area (Å²) in [6.07, 6.45) is 0. The maximum Gasteiger partial charge on any atom is 0.340 e. The maximum atomic E-state index is 12.9. The van der Waals surface area contributed by atoms with Crippen LogP contribution in [0.15, 0.2) is 35.5 Å². The first-order chi connectivity index (χ1) is 14.5. The maximum absolute atomic E-state index is 12.9. The lowest BCUT2D eigenvalue weighted by Gasteiger charge is -2.21. The average molecular weight is 413 g/mol. The van der Waals surface area contributed by atoms with Crippen molar-refractivity contribution in [3.05, 3.63) is 52.4 Å². The molecule has 0 saturated heterocycles. The summed E-state index contributed by atoms with van der Waals surface area (Å²) in [6, 6.07) is 6.98. The van der Waals surface area contributed by atoms with Gasteiger partial charge in [-0.15, -0.1) is 0 Å². The molecular weight excluding hydrogens is 390 g/mol. The Morgan fingerprint density at radius 2 is 1.90 bits per heavy atom. The molecule has 2 aromatic rings. The molecule has 0 fully saturated rings. The van der Waals surface area contributed by atoms with E-state index < -0.39 is 18.0 Å². The number of methoxy groups -OCH3 is 1. The number of carbonyl (C=O) groups excluding carboxylic acids is 3. The van der Waals surface area contributed by atoms with Gasteiger partial charge in [0, 0.05) is 12.5 Å². The second-order valence-electron chi connectivity index (χ2n) is 6.57. The zero-order valence-corrected chi connectivity index (χ0v) is 17.0. The number of aromatic nitrogens is 1. The number of aryl methyl sites for hydroxylation is 1. The Morgan fingerprint density at radius 1 is 1.13 bits per heavy atom. The largest absolute Gasteiger partial charge is 0.463 e. The summed E-state index contributed by atoms with van der Waals surface area (Å²) in [7, 11) is 1.52. The predicted octanol–water partition coefficient (Wildman–Crippen LogP) is 1.98. The van der Waals surface area contributed by atoms with Crippen molar-refractivity contribution in [3.8, 4) is 0 Å². The number of hydrogen-bond acceptors (Lipinski definition) is 7. The third-order valence-corrected chi connectivity index (χ3v) is 4.64. The zero-order chi connectivity index (χ0) is 21.7. The van der Waals surface area contributed by atoms with Crippen LogP contribution in [-0.2, 0) is 25.6 Å². The van der Waals surface area contributed by atoms with Gasteiger partial charge in [0.1, 0.15) is 6.61 Å². The summed E-state index contributed by atoms with van der Waals surface area (Å²) in [6.45, 7) is 3.51. The molecule has 3 rings (SSSR count). The van der Waals surface area contributed by atoms with E-state index in [1.165, 1.54) is 7.11 Å². The number of nitrogens with one attached hydrogen (secondary N) is 2. The summed E-state index contributed by atoms with van der Waals surface area (Å²) < 4.78 is 15.7. The van der Waals surface area contributed by atoms with E-state index in [0.717, 1.165) is 10.9 Å². The number of pyridine rings is 1. The fraction of sp³-hybridized carbons (Fsp3) is 0.333. The van der Waals surface area contributed by atoms with Gasteiger partial charge in [0.05, 0.1) is 47.8 Å². The van der Waals surface area contributed by atoms with Crippen LogP contribution in [0, 0.1) is 6.92 Å². The fourth-order valence-corrected chi connectivity index (χ4v) is 3.23. The Bertz CT molecular complexity index is 1030. The van der Waals surface area contributed by atoms with Gasteiger partial charge in [-0.3, -0.25) is 0 Å². The molecule has 0 bridgehead atoms. The average Bonchev–Trinajstić information content (AvgIpc) is 2.72. The normalized spacial score (nSPS) is 13.6. The second-order valence-corrected chi connectivity index (χ2v) is 6.57. The summed E-state index contributed by atoms with van der Waals surface area (Å²) in [5.41, 5.74) is 2.60. The minimum absolute atomic E-state index is 0.0109. The SMILES string of the molecule is CCOC(=O)C1=C(COC(=O)c2c(COC)nc3ccccc3c2C)NC(=O)NC1. The highest BCUT2D eigenvalue weighted by Crippen LogP contribution is 2.24. The highest BCUT2D eigenvalue weighted by molar-refractivity contribution is 5.98. The highest BCUT2D eigenvalue weighted by Gasteiger charge is 2.26. The van der Waals surface area contributed by atoms with Crippen LogP contribution >= 0.6 is 0 Å². The molecule has 158 valence electrons. The number of carbonyl (C=O) groups is 3. The van der Waals surface area contributed by atoms with Crippen molar-refractivity contribution < 1.29 is 28.6 Å². The second kappa shape index (κ2) is 9.36. The lowest BCUT2D eigenvalue weighted by Crippen LogP contribution is -2.45. The third-order valence-electron chi connectivity index (χ3n) is 4.64. The number of para-hydroxylation sites is 1. The zero-order valence-electron chi connectivity index (χ0n) is 17.0. The van der Waals surface area contributed by atoms with Crippen molar-refractivity contribution in [3.63, 3.8) is 0 Å². The van der Waals surface area contributed by atoms with E-state index in [1.807, 2.05) is 31.2 Å². The molecule has 2 N–H and O–H groups in total. The van der Waals surface area contributed by atoms with Gasteiger partial charge < -0.3 is 24.8 Å². The number of fused-ring (bicyclic) bond motifs is 1. The first-order valence-electron chi connectivity index (χ1n) is 9.44. The van der Waals surface area contributed by atoms with Gasteiger partial charge in [-0.05, 0) is 25.5 Å². The number of esters is 2. The Hall–Kier alpha value is -3.46. The predicted molar refractivity (Wildman–Crippen MR) is 108 cm³/mol. The van der Waals surface area contributed by atoms with Crippen molar-refractivity contribution in [1.82, 2.24) is 15.6 Å². The molecule has 0 saturated carbocycles. The molecule has 30 heavy (non-hydrogen) atoms. The first kappa shape index (κ1) is 21.3. The Labute approximate surface area is 173 Å². The molecule has 0 aliphatic carbocycles. The lowest BCUT2D eigenvalue weighted by atomic mass is 10.0. The topological polar surface area (TPSA) is 116 Å². The van der Waals surface area contributed by atoms with Crippen molar-refractivity contribution >= 4 is 28.9 Å². The van der Waals surface area contributed by atoms with Crippen molar-refractivity contribution in [2.45, 2.75) is 20.5 Å². The quantitative estimate of drug-likeness (QED) is 0.667. The number of amides is 2. The molecule has 1 aliphatic heterocycles. The summed E-state index contributed by atoms with van der Waals surface area (Å²) in [4.78, 5) is 41.3. The van der Waals surface area contributed by atoms with Crippen LogP contribution in [-0.4, -0.2) is 49.8 Å². The standard InChI is InChI=1S/C21H23N3O6/c1-4-29-19(25)14-9-22-21(27)24-16(14)11-30-20(26)18-12(2)13-7-5-6-8-15(13)23-17(18)10-28-3/h5-8H,4,9-11H2,1-3H3,(H2,22,24,27). The van der Waals surface area contributed by atoms with Gasteiger partial charge in [-0.25, -0.2) is 19.4 Å². The number of hydrogen-bond donors (Lipinski definition) is 2. The molecule has 0 spiro atoms. The van der Waals surface area contributed by atoms with Gasteiger partial charge in [0.2, 0.25) is 0 Å². The summed E-state index contributed by atoms with van der Waals surface area (Å²) in [5.74, 6) is -1.21. The van der Waals surface area contributed by atoms with E-state index in [-0.39, 0.29) is 37.6 Å². The molecule has 9 heteroatoms. The van der Waals surface area contributed by atoms with E-state index >= 15 is 0 Å². The van der Waals surface area contributed by atoms with Gasteiger partial charge in [-0.2, -0.15) is 0 Å². The number of benzene rings is 1. The number of urea groups is 1. The van der Waals surface area contributed by atoms with Crippen molar-refractivity contribution in [1.29, 1.82) is 0 Å². The number of ether oxygens (including phenoxy) is 3. The van der Waals surface area contributed by atoms with Crippen LogP contribution in [0.4, 0.5) is 4.79 Å². The molecule has 9 nitrogen and oxygen atoms in total. The van der Waals surface area contributed by atoms with Crippen LogP contribution in [0.2, 0.25) is 0 Å². The minimum atomic E-state index is -0.624. The van der Waals surface area contributed by atoms with Gasteiger partial charge in [0.25, 0.3) is 0 Å². The molecule has 1 aliphatic rings. The summed E-state index contributed by atoms with van der Waals surface area (Å²) in [5, 5.41) is 5.83. The van der Waals surface area contributed by atoms with E-state index in [9.17, 15) is 14.4 Å². The molecule has 2 heterocycles. The molecule has 0 atom stereocenters. The van der Waals surface area contributed by atoms with Crippen molar-refractivity contribution in [2.75, 3.05) is 26.9 Å². The van der Waals surface area contributed by atoms with Crippen LogP contribution in [0.5, 0.6) is 0 Å². The van der Waals surface area contributed by atoms with E-state index in [2.05, 4.69) is 15.6 Å². The fourth-order valence-electron chi connectivity index (χ4n) is 3.23. The molecule has 0 unspecified atom stereocenters. The first-order valence-corrected chi connectivity index (χ1v) is 9.44. The Morgan fingerprint density at radius 3 is 2.63 bits per heavy atom. The molecule has 2 amide bonds. The third kappa shape index (κ3) is 4.41. The molecule has 0 radical (unpaired) electrons. The van der Waals surface area contributed by atoms with Crippen LogP contribution in [0.3, 0.4) is 0 Å². The molecule has 1 aromatic heterocycles. The minimum Gasteiger partial charge on any atom is -0.463 e. The van der Waals surface area contributed by atoms with Gasteiger partial charge >= 0.3 is 18.0 Å². The Kier molecular flexibility index (Phi) is 6.63. The molecular formula is C21H23N3O6. The van der Waals surface area contributed by atoms with Gasteiger partial charge in [0.15, 0.2) is 0 Å². The van der Waals surface area contributed by atoms with E-state index in [0.29, 0.717) is 16.8 Å². The Balaban J connectivity index is 1.90. The van der Waals surface area contributed by atoms with E-state index in [4.69, 9.17) is 14.2 Å². The smallest absolute Gasteiger partial charge is 0.340 e. The van der Waals surface area contributed by atoms with E-state index in [1.54, 1.807) is 6.92 Å². The monoisotopic (exact) mass is 413 g/mol.